The highest BCUT2D eigenvalue weighted by Crippen LogP contribution is 2.37. The van der Waals surface area contributed by atoms with Crippen LogP contribution in [-0.4, -0.2) is 0 Å². The molecule has 2 aromatic carbocycles. The van der Waals surface area contributed by atoms with E-state index in [0.717, 1.165) is 22.7 Å². The summed E-state index contributed by atoms with van der Waals surface area (Å²) in [5.41, 5.74) is 11.7. The Kier molecular flexibility index (Phi) is 1.77. The van der Waals surface area contributed by atoms with Crippen LogP contribution in [0, 0.1) is 0 Å². The Morgan fingerprint density at radius 1 is 1.00 bits per heavy atom. The molecule has 0 saturated heterocycles. The van der Waals surface area contributed by atoms with E-state index >= 15 is 0 Å². The van der Waals surface area contributed by atoms with Crippen molar-refractivity contribution in [3.05, 3.63) is 52.5 Å². The number of hydrogen-bond donors (Lipinski definition) is 1. The van der Waals surface area contributed by atoms with E-state index in [4.69, 9.17) is 17.3 Å². The Hall–Kier alpha value is -1.47. The van der Waals surface area contributed by atoms with Crippen LogP contribution in [0.15, 0.2) is 36.4 Å². The minimum Gasteiger partial charge on any atom is -0.398 e. The van der Waals surface area contributed by atoms with Crippen LogP contribution >= 0.6 is 11.6 Å². The Morgan fingerprint density at radius 3 is 2.73 bits per heavy atom. The molecule has 2 bridgehead atoms. The van der Waals surface area contributed by atoms with Gasteiger partial charge in [0.15, 0.2) is 0 Å². The van der Waals surface area contributed by atoms with Crippen LogP contribution in [0.4, 0.5) is 5.69 Å². The van der Waals surface area contributed by atoms with Gasteiger partial charge < -0.3 is 5.73 Å². The van der Waals surface area contributed by atoms with Gasteiger partial charge in [-0.2, -0.15) is 0 Å². The van der Waals surface area contributed by atoms with Gasteiger partial charge in [-0.05, 0) is 47.4 Å². The van der Waals surface area contributed by atoms with Crippen molar-refractivity contribution in [3.63, 3.8) is 0 Å². The SMILES string of the molecule is Nc1ccc2cc1-c1cc(Cl)ccc1C2. The zero-order valence-corrected chi connectivity index (χ0v) is 8.88. The van der Waals surface area contributed by atoms with Gasteiger partial charge in [0.25, 0.3) is 0 Å². The lowest BCUT2D eigenvalue weighted by molar-refractivity contribution is 1.17. The summed E-state index contributed by atoms with van der Waals surface area (Å²) < 4.78 is 0. The van der Waals surface area contributed by atoms with Crippen LogP contribution in [0.2, 0.25) is 5.02 Å². The van der Waals surface area contributed by atoms with Crippen LogP contribution in [0.3, 0.4) is 0 Å². The summed E-state index contributed by atoms with van der Waals surface area (Å²) in [6, 6.07) is 12.2. The summed E-state index contributed by atoms with van der Waals surface area (Å²) in [5, 5.41) is 0.764. The van der Waals surface area contributed by atoms with Gasteiger partial charge in [-0.3, -0.25) is 0 Å². The molecule has 0 spiro atoms. The van der Waals surface area contributed by atoms with Crippen LogP contribution in [0.1, 0.15) is 11.1 Å². The fraction of sp³-hybridized carbons (Fsp3) is 0.0769. The van der Waals surface area contributed by atoms with Crippen molar-refractivity contribution in [2.75, 3.05) is 5.73 Å². The molecule has 2 heteroatoms. The van der Waals surface area contributed by atoms with Crippen molar-refractivity contribution in [1.82, 2.24) is 0 Å². The molecule has 2 N–H and O–H groups in total. The van der Waals surface area contributed by atoms with Crippen LogP contribution in [0.25, 0.3) is 11.1 Å². The number of benzene rings is 2. The molecule has 0 unspecified atom stereocenters. The topological polar surface area (TPSA) is 26.0 Å². The van der Waals surface area contributed by atoms with Gasteiger partial charge in [0.1, 0.15) is 0 Å². The van der Waals surface area contributed by atoms with E-state index < -0.39 is 0 Å². The molecule has 0 saturated carbocycles. The summed E-state index contributed by atoms with van der Waals surface area (Å²) in [7, 11) is 0. The first kappa shape index (κ1) is 8.81. The van der Waals surface area contributed by atoms with Crippen molar-refractivity contribution in [3.8, 4) is 11.1 Å². The van der Waals surface area contributed by atoms with Gasteiger partial charge >= 0.3 is 0 Å². The predicted molar refractivity (Wildman–Crippen MR) is 64.1 cm³/mol. The predicted octanol–water partition coefficient (Wildman–Crippen LogP) is 3.49. The maximum atomic E-state index is 6.00. The quantitative estimate of drug-likeness (QED) is 0.571. The van der Waals surface area contributed by atoms with Gasteiger partial charge in [0, 0.05) is 16.3 Å². The van der Waals surface area contributed by atoms with Crippen LogP contribution in [-0.2, 0) is 6.42 Å². The van der Waals surface area contributed by atoms with E-state index in [0.29, 0.717) is 0 Å². The number of nitrogens with two attached hydrogens (primary N) is 1. The highest BCUT2D eigenvalue weighted by Gasteiger charge is 2.15. The third-order valence-corrected chi connectivity index (χ3v) is 3.11. The first-order chi connectivity index (χ1) is 7.24. The monoisotopic (exact) mass is 215 g/mol. The van der Waals surface area contributed by atoms with Gasteiger partial charge in [0.05, 0.1) is 0 Å². The number of nitrogen functional groups attached to an aromatic ring is 1. The minimum absolute atomic E-state index is 0.764. The molecule has 3 rings (SSSR count). The average molecular weight is 216 g/mol. The number of anilines is 1. The first-order valence-corrected chi connectivity index (χ1v) is 5.29. The zero-order chi connectivity index (χ0) is 10.4. The Balaban J connectivity index is 2.34. The van der Waals surface area contributed by atoms with Gasteiger partial charge in [-0.25, -0.2) is 0 Å². The fourth-order valence-electron chi connectivity index (χ4n) is 2.12. The molecular formula is C13H10ClN. The summed E-state index contributed by atoms with van der Waals surface area (Å²) in [6.07, 6.45) is 0.972. The molecule has 0 radical (unpaired) electrons. The highest BCUT2D eigenvalue weighted by molar-refractivity contribution is 6.31. The van der Waals surface area contributed by atoms with Crippen molar-refractivity contribution in [2.45, 2.75) is 6.42 Å². The van der Waals surface area contributed by atoms with Crippen molar-refractivity contribution in [2.24, 2.45) is 0 Å². The van der Waals surface area contributed by atoms with Gasteiger partial charge in [0.2, 0.25) is 0 Å². The number of halogens is 1. The van der Waals surface area contributed by atoms with E-state index in [2.05, 4.69) is 18.2 Å². The largest absolute Gasteiger partial charge is 0.398 e. The summed E-state index contributed by atoms with van der Waals surface area (Å²) in [5.74, 6) is 0. The summed E-state index contributed by atoms with van der Waals surface area (Å²) in [4.78, 5) is 0. The lowest BCUT2D eigenvalue weighted by Crippen LogP contribution is -2.02. The van der Waals surface area contributed by atoms with E-state index in [-0.39, 0.29) is 0 Å². The first-order valence-electron chi connectivity index (χ1n) is 4.91. The standard InChI is InChI=1S/C13H10ClN/c14-10-3-2-9-5-8-1-4-13(15)12(6-8)11(9)7-10/h1-4,6-7H,5,15H2. The average Bonchev–Trinajstić information content (AvgIpc) is 2.24. The van der Waals surface area contributed by atoms with Crippen molar-refractivity contribution in [1.29, 1.82) is 0 Å². The number of hydrogen-bond acceptors (Lipinski definition) is 1. The molecule has 0 aromatic heterocycles. The lowest BCUT2D eigenvalue weighted by atomic mass is 9.87. The molecule has 74 valence electrons. The lowest BCUT2D eigenvalue weighted by Gasteiger charge is -2.19. The fourth-order valence-corrected chi connectivity index (χ4v) is 2.29. The maximum absolute atomic E-state index is 6.00. The molecule has 1 aliphatic rings. The molecule has 0 atom stereocenters. The van der Waals surface area contributed by atoms with E-state index in [1.165, 1.54) is 16.7 Å². The normalized spacial score (nSPS) is 12.3. The zero-order valence-electron chi connectivity index (χ0n) is 8.13. The molecule has 0 fully saturated rings. The van der Waals surface area contributed by atoms with Crippen LogP contribution in [0.5, 0.6) is 0 Å². The second-order valence-corrected chi connectivity index (χ2v) is 4.34. The number of rotatable bonds is 0. The third-order valence-electron chi connectivity index (χ3n) is 2.87. The van der Waals surface area contributed by atoms with Crippen molar-refractivity contribution < 1.29 is 0 Å². The van der Waals surface area contributed by atoms with E-state index in [1.54, 1.807) is 0 Å². The minimum atomic E-state index is 0.764. The molecular weight excluding hydrogens is 206 g/mol. The molecule has 15 heavy (non-hydrogen) atoms. The highest BCUT2D eigenvalue weighted by atomic mass is 35.5. The second-order valence-electron chi connectivity index (χ2n) is 3.90. The maximum Gasteiger partial charge on any atom is 0.0412 e. The molecule has 0 heterocycles. The Labute approximate surface area is 93.5 Å². The van der Waals surface area contributed by atoms with Crippen LogP contribution < -0.4 is 5.73 Å². The molecule has 0 amide bonds. The second kappa shape index (κ2) is 3.01. The molecule has 2 aromatic rings. The van der Waals surface area contributed by atoms with E-state index in [9.17, 15) is 0 Å². The van der Waals surface area contributed by atoms with Crippen molar-refractivity contribution >= 4 is 17.3 Å². The third kappa shape index (κ3) is 1.31. The summed E-state index contributed by atoms with van der Waals surface area (Å²) in [6.45, 7) is 0. The van der Waals surface area contributed by atoms with Gasteiger partial charge in [-0.1, -0.05) is 23.7 Å². The Bertz CT molecular complexity index is 546. The molecule has 0 aliphatic heterocycles. The Morgan fingerprint density at radius 2 is 1.87 bits per heavy atom. The van der Waals surface area contributed by atoms with Gasteiger partial charge in [-0.15, -0.1) is 0 Å². The number of fused-ring (bicyclic) bond motifs is 4. The smallest absolute Gasteiger partial charge is 0.0412 e. The molecule has 1 nitrogen and oxygen atoms in total. The summed E-state index contributed by atoms with van der Waals surface area (Å²) >= 11 is 6.00. The molecule has 1 aliphatic carbocycles. The van der Waals surface area contributed by atoms with E-state index in [1.807, 2.05) is 18.2 Å².